The Bertz CT molecular complexity index is 1310. The third-order valence-corrected chi connectivity index (χ3v) is 6.36. The Labute approximate surface area is 192 Å². The number of aryl methyl sites for hydroxylation is 2. The molecule has 0 aliphatic heterocycles. The first-order valence-electron chi connectivity index (χ1n) is 11.2. The highest BCUT2D eigenvalue weighted by molar-refractivity contribution is 5.96. The Hall–Kier alpha value is -3.66. The lowest BCUT2D eigenvalue weighted by atomic mass is 10.1. The molecule has 0 bridgehead atoms. The van der Waals surface area contributed by atoms with Gasteiger partial charge < -0.3 is 16.4 Å². The van der Waals surface area contributed by atoms with Gasteiger partial charge in [-0.15, -0.1) is 0 Å². The molecule has 4 heterocycles. The van der Waals surface area contributed by atoms with E-state index in [0.717, 1.165) is 54.0 Å². The van der Waals surface area contributed by atoms with Crippen molar-refractivity contribution in [3.05, 3.63) is 42.4 Å². The molecule has 5 rings (SSSR count). The summed E-state index contributed by atoms with van der Waals surface area (Å²) in [5.74, 6) is 1.93. The second-order valence-corrected chi connectivity index (χ2v) is 8.63. The minimum atomic E-state index is 0.239. The standard InChI is InChI=1S/C23H28N10/c1-4-18-23(32(3)16-6-5-15(24)8-16)31-20-17(10-26-22(25)21(20)30-18)14-9-29-33(11-14)19-7-13(2)27-12-28-19/h7,9-12,15-16H,4-6,8,24H2,1-3H3,(H2,25,26)/t15-,16+/m0/s1. The molecule has 1 aliphatic rings. The van der Waals surface area contributed by atoms with Crippen LogP contribution >= 0.6 is 0 Å². The zero-order valence-electron chi connectivity index (χ0n) is 19.1. The zero-order valence-corrected chi connectivity index (χ0v) is 19.1. The summed E-state index contributed by atoms with van der Waals surface area (Å²) in [5, 5.41) is 4.49. The minimum Gasteiger partial charge on any atom is -0.382 e. The number of nitrogens with two attached hydrogens (primary N) is 2. The smallest absolute Gasteiger partial charge is 0.156 e. The van der Waals surface area contributed by atoms with Crippen molar-refractivity contribution < 1.29 is 0 Å². The molecular formula is C23H28N10. The highest BCUT2D eigenvalue weighted by atomic mass is 15.3. The Morgan fingerprint density at radius 2 is 1.97 bits per heavy atom. The summed E-state index contributed by atoms with van der Waals surface area (Å²) >= 11 is 0. The van der Waals surface area contributed by atoms with Gasteiger partial charge in [-0.2, -0.15) is 5.10 Å². The highest BCUT2D eigenvalue weighted by Gasteiger charge is 2.28. The van der Waals surface area contributed by atoms with Crippen LogP contribution in [0.2, 0.25) is 0 Å². The van der Waals surface area contributed by atoms with E-state index in [0.29, 0.717) is 28.7 Å². The number of nitrogen functional groups attached to an aromatic ring is 1. The van der Waals surface area contributed by atoms with Gasteiger partial charge in [0.05, 0.1) is 11.9 Å². The predicted octanol–water partition coefficient (Wildman–Crippen LogP) is 2.44. The van der Waals surface area contributed by atoms with Crippen LogP contribution in [0.25, 0.3) is 28.0 Å². The number of rotatable bonds is 5. The van der Waals surface area contributed by atoms with E-state index >= 15 is 0 Å². The number of aromatic nitrogens is 7. The van der Waals surface area contributed by atoms with Gasteiger partial charge in [0.2, 0.25) is 0 Å². The van der Waals surface area contributed by atoms with Crippen LogP contribution in [0.15, 0.2) is 31.0 Å². The molecule has 0 aromatic carbocycles. The molecule has 10 heteroatoms. The summed E-state index contributed by atoms with van der Waals surface area (Å²) in [7, 11) is 2.08. The third-order valence-electron chi connectivity index (χ3n) is 6.36. The van der Waals surface area contributed by atoms with Crippen LogP contribution in [-0.2, 0) is 6.42 Å². The van der Waals surface area contributed by atoms with Crippen LogP contribution in [0.5, 0.6) is 0 Å². The maximum atomic E-state index is 6.22. The van der Waals surface area contributed by atoms with E-state index in [1.807, 2.05) is 19.2 Å². The Morgan fingerprint density at radius 1 is 1.12 bits per heavy atom. The summed E-state index contributed by atoms with van der Waals surface area (Å²) in [5.41, 5.74) is 17.2. The molecule has 170 valence electrons. The van der Waals surface area contributed by atoms with Crippen molar-refractivity contribution in [3.63, 3.8) is 0 Å². The number of nitrogens with zero attached hydrogens (tertiary/aromatic N) is 8. The Balaban J connectivity index is 1.62. The van der Waals surface area contributed by atoms with Crippen LogP contribution in [0.4, 0.5) is 11.6 Å². The Morgan fingerprint density at radius 3 is 2.70 bits per heavy atom. The fraction of sp³-hybridized carbons (Fsp3) is 0.391. The summed E-state index contributed by atoms with van der Waals surface area (Å²) in [6.45, 7) is 4.00. The number of hydrogen-bond donors (Lipinski definition) is 2. The van der Waals surface area contributed by atoms with E-state index in [9.17, 15) is 0 Å². The topological polar surface area (TPSA) is 138 Å². The lowest BCUT2D eigenvalue weighted by Gasteiger charge is -2.27. The number of fused-ring (bicyclic) bond motifs is 1. The van der Waals surface area contributed by atoms with E-state index in [1.165, 1.54) is 6.33 Å². The maximum absolute atomic E-state index is 6.22. The van der Waals surface area contributed by atoms with Gasteiger partial charge in [0.15, 0.2) is 17.5 Å². The largest absolute Gasteiger partial charge is 0.382 e. The van der Waals surface area contributed by atoms with Gasteiger partial charge in [0.25, 0.3) is 0 Å². The van der Waals surface area contributed by atoms with Crippen molar-refractivity contribution in [2.75, 3.05) is 17.7 Å². The van der Waals surface area contributed by atoms with Crippen molar-refractivity contribution in [2.24, 2.45) is 5.73 Å². The monoisotopic (exact) mass is 444 g/mol. The summed E-state index contributed by atoms with van der Waals surface area (Å²) in [6.07, 6.45) is 10.7. The molecule has 1 fully saturated rings. The third kappa shape index (κ3) is 3.86. The molecule has 0 saturated heterocycles. The van der Waals surface area contributed by atoms with Crippen molar-refractivity contribution in [1.29, 1.82) is 0 Å². The van der Waals surface area contributed by atoms with E-state index < -0.39 is 0 Å². The SMILES string of the molecule is CCc1nc2c(N)ncc(-c3cnn(-c4cc(C)ncn4)c3)c2nc1N(C)[C@@H]1CC[C@H](N)C1. The molecule has 4 N–H and O–H groups in total. The fourth-order valence-electron chi connectivity index (χ4n) is 4.48. The summed E-state index contributed by atoms with van der Waals surface area (Å²) in [4.78, 5) is 25.1. The molecule has 0 unspecified atom stereocenters. The average molecular weight is 445 g/mol. The van der Waals surface area contributed by atoms with Crippen molar-refractivity contribution >= 4 is 22.7 Å². The van der Waals surface area contributed by atoms with Gasteiger partial charge in [-0.1, -0.05) is 6.92 Å². The molecule has 0 spiro atoms. The van der Waals surface area contributed by atoms with Crippen molar-refractivity contribution in [1.82, 2.24) is 34.7 Å². The normalized spacial score (nSPS) is 18.2. The molecule has 10 nitrogen and oxygen atoms in total. The van der Waals surface area contributed by atoms with E-state index in [1.54, 1.807) is 17.1 Å². The molecule has 4 aromatic rings. The van der Waals surface area contributed by atoms with Crippen molar-refractivity contribution in [2.45, 2.75) is 51.6 Å². The van der Waals surface area contributed by atoms with Crippen LogP contribution in [-0.4, -0.2) is 53.8 Å². The molecule has 2 atom stereocenters. The second-order valence-electron chi connectivity index (χ2n) is 8.63. The van der Waals surface area contributed by atoms with Crippen molar-refractivity contribution in [3.8, 4) is 16.9 Å². The van der Waals surface area contributed by atoms with Gasteiger partial charge in [-0.05, 0) is 32.6 Å². The van der Waals surface area contributed by atoms with Crippen LogP contribution in [0, 0.1) is 6.92 Å². The van der Waals surface area contributed by atoms with Crippen LogP contribution < -0.4 is 16.4 Å². The fourth-order valence-corrected chi connectivity index (χ4v) is 4.48. The van der Waals surface area contributed by atoms with Gasteiger partial charge in [-0.25, -0.2) is 29.6 Å². The molecule has 1 saturated carbocycles. The molecule has 1 aliphatic carbocycles. The molecule has 0 radical (unpaired) electrons. The summed E-state index contributed by atoms with van der Waals surface area (Å²) < 4.78 is 1.72. The predicted molar refractivity (Wildman–Crippen MR) is 128 cm³/mol. The Kier molecular flexibility index (Phi) is 5.37. The van der Waals surface area contributed by atoms with E-state index in [-0.39, 0.29) is 6.04 Å². The van der Waals surface area contributed by atoms with Gasteiger partial charge in [-0.3, -0.25) is 0 Å². The number of anilines is 2. The average Bonchev–Trinajstić information content (AvgIpc) is 3.48. The van der Waals surface area contributed by atoms with Gasteiger partial charge in [0.1, 0.15) is 17.4 Å². The molecule has 4 aromatic heterocycles. The van der Waals surface area contributed by atoms with Gasteiger partial charge >= 0.3 is 0 Å². The lowest BCUT2D eigenvalue weighted by molar-refractivity contribution is 0.624. The first kappa shape index (κ1) is 21.2. The molecule has 0 amide bonds. The quantitative estimate of drug-likeness (QED) is 0.475. The summed E-state index contributed by atoms with van der Waals surface area (Å²) in [6, 6.07) is 2.47. The highest BCUT2D eigenvalue weighted by Crippen LogP contribution is 2.33. The van der Waals surface area contributed by atoms with Crippen LogP contribution in [0.3, 0.4) is 0 Å². The minimum absolute atomic E-state index is 0.239. The second kappa shape index (κ2) is 8.36. The molecule has 33 heavy (non-hydrogen) atoms. The first-order chi connectivity index (χ1) is 15.9. The zero-order chi connectivity index (χ0) is 23.1. The van der Waals surface area contributed by atoms with Gasteiger partial charge in [0, 0.05) is 54.4 Å². The first-order valence-corrected chi connectivity index (χ1v) is 11.2. The van der Waals surface area contributed by atoms with Crippen LogP contribution in [0.1, 0.15) is 37.6 Å². The maximum Gasteiger partial charge on any atom is 0.156 e. The van der Waals surface area contributed by atoms with E-state index in [2.05, 4.69) is 38.9 Å². The lowest BCUT2D eigenvalue weighted by Crippen LogP contribution is -2.32. The molecular weight excluding hydrogens is 416 g/mol. The number of hydrogen-bond acceptors (Lipinski definition) is 9. The van der Waals surface area contributed by atoms with E-state index in [4.69, 9.17) is 21.4 Å². The number of pyridine rings is 1.